The van der Waals surface area contributed by atoms with Crippen LogP contribution >= 0.6 is 0 Å². The number of hydrogen-bond donors (Lipinski definition) is 0. The average Bonchev–Trinajstić information content (AvgIpc) is 3.35. The quantitative estimate of drug-likeness (QED) is 0.496. The van der Waals surface area contributed by atoms with Crippen LogP contribution in [-0.4, -0.2) is 40.8 Å². The summed E-state index contributed by atoms with van der Waals surface area (Å²) in [6.07, 6.45) is 4.07. The lowest BCUT2D eigenvalue weighted by molar-refractivity contribution is -0.147. The molecule has 34 heavy (non-hydrogen) atoms. The van der Waals surface area contributed by atoms with E-state index in [2.05, 4.69) is 12.1 Å². The number of amides is 1. The van der Waals surface area contributed by atoms with E-state index in [1.54, 1.807) is 20.8 Å². The van der Waals surface area contributed by atoms with Gasteiger partial charge in [0.25, 0.3) is 0 Å². The van der Waals surface area contributed by atoms with Crippen LogP contribution in [0.1, 0.15) is 43.5 Å². The molecule has 1 atom stereocenters. The highest BCUT2D eigenvalue weighted by Gasteiger charge is 2.39. The minimum absolute atomic E-state index is 0.353. The van der Waals surface area contributed by atoms with Gasteiger partial charge in [-0.3, -0.25) is 4.90 Å². The molecule has 0 saturated heterocycles. The Morgan fingerprint density at radius 1 is 1.03 bits per heavy atom. The third-order valence-corrected chi connectivity index (χ3v) is 5.64. The van der Waals surface area contributed by atoms with Crippen molar-refractivity contribution in [2.24, 2.45) is 0 Å². The number of rotatable bonds is 5. The molecule has 0 N–H and O–H groups in total. The SMILES string of the molecule is COC(=O)[C@H]1c2ccc(OCc3ccc(-n4cccc4)cc3)cc2CCN1C(=O)OC(C)(C)C. The summed E-state index contributed by atoms with van der Waals surface area (Å²) in [5.74, 6) is 0.214. The fourth-order valence-electron chi connectivity index (χ4n) is 4.01. The van der Waals surface area contributed by atoms with Gasteiger partial charge in [-0.05, 0) is 80.3 Å². The van der Waals surface area contributed by atoms with Crippen molar-refractivity contribution < 1.29 is 23.8 Å². The van der Waals surface area contributed by atoms with Crippen molar-refractivity contribution in [2.75, 3.05) is 13.7 Å². The monoisotopic (exact) mass is 462 g/mol. The molecule has 1 amide bonds. The Labute approximate surface area is 199 Å². The van der Waals surface area contributed by atoms with E-state index in [9.17, 15) is 9.59 Å². The molecule has 1 aliphatic heterocycles. The van der Waals surface area contributed by atoms with Crippen LogP contribution in [0.4, 0.5) is 4.79 Å². The Morgan fingerprint density at radius 2 is 1.74 bits per heavy atom. The summed E-state index contributed by atoms with van der Waals surface area (Å²) in [6, 6.07) is 16.9. The molecule has 7 heteroatoms. The van der Waals surface area contributed by atoms with Gasteiger partial charge in [0, 0.05) is 24.6 Å². The number of carbonyl (C=O) groups is 2. The van der Waals surface area contributed by atoms with Crippen LogP contribution in [0.25, 0.3) is 5.69 Å². The maximum atomic E-state index is 12.7. The molecule has 2 heterocycles. The second-order valence-electron chi connectivity index (χ2n) is 9.26. The van der Waals surface area contributed by atoms with Crippen LogP contribution in [0, 0.1) is 0 Å². The van der Waals surface area contributed by atoms with Gasteiger partial charge in [0.1, 0.15) is 18.0 Å². The van der Waals surface area contributed by atoms with Crippen molar-refractivity contribution in [3.63, 3.8) is 0 Å². The maximum Gasteiger partial charge on any atom is 0.411 e. The van der Waals surface area contributed by atoms with Crippen LogP contribution < -0.4 is 4.74 Å². The van der Waals surface area contributed by atoms with Crippen LogP contribution in [0.2, 0.25) is 0 Å². The number of benzene rings is 2. The number of esters is 1. The zero-order chi connectivity index (χ0) is 24.3. The lowest BCUT2D eigenvalue weighted by Gasteiger charge is -2.36. The topological polar surface area (TPSA) is 70.0 Å². The van der Waals surface area contributed by atoms with E-state index in [1.807, 2.05) is 59.4 Å². The Morgan fingerprint density at radius 3 is 2.38 bits per heavy atom. The van der Waals surface area contributed by atoms with Gasteiger partial charge in [-0.1, -0.05) is 18.2 Å². The summed E-state index contributed by atoms with van der Waals surface area (Å²) < 4.78 is 18.6. The van der Waals surface area contributed by atoms with Crippen LogP contribution in [0.15, 0.2) is 67.0 Å². The zero-order valence-corrected chi connectivity index (χ0v) is 20.0. The zero-order valence-electron chi connectivity index (χ0n) is 20.0. The first-order valence-electron chi connectivity index (χ1n) is 11.3. The molecule has 1 aliphatic rings. The molecule has 0 aliphatic carbocycles. The smallest absolute Gasteiger partial charge is 0.411 e. The maximum absolute atomic E-state index is 12.7. The van der Waals surface area contributed by atoms with E-state index < -0.39 is 23.7 Å². The molecule has 0 bridgehead atoms. The van der Waals surface area contributed by atoms with E-state index in [0.717, 1.165) is 22.4 Å². The van der Waals surface area contributed by atoms with Gasteiger partial charge >= 0.3 is 12.1 Å². The van der Waals surface area contributed by atoms with Crippen molar-refractivity contribution >= 4 is 12.1 Å². The molecular formula is C27H30N2O5. The number of hydrogen-bond acceptors (Lipinski definition) is 5. The molecule has 178 valence electrons. The van der Waals surface area contributed by atoms with E-state index in [4.69, 9.17) is 14.2 Å². The first-order valence-corrected chi connectivity index (χ1v) is 11.3. The lowest BCUT2D eigenvalue weighted by atomic mass is 9.92. The predicted molar refractivity (Wildman–Crippen MR) is 128 cm³/mol. The molecule has 7 nitrogen and oxygen atoms in total. The largest absolute Gasteiger partial charge is 0.489 e. The van der Waals surface area contributed by atoms with Gasteiger partial charge < -0.3 is 18.8 Å². The number of fused-ring (bicyclic) bond motifs is 1. The van der Waals surface area contributed by atoms with Crippen molar-refractivity contribution in [3.8, 4) is 11.4 Å². The predicted octanol–water partition coefficient (Wildman–Crippen LogP) is 5.06. The molecular weight excluding hydrogens is 432 g/mol. The fourth-order valence-corrected chi connectivity index (χ4v) is 4.01. The summed E-state index contributed by atoms with van der Waals surface area (Å²) in [7, 11) is 1.32. The average molecular weight is 463 g/mol. The Bertz CT molecular complexity index is 1150. The molecule has 0 spiro atoms. The first-order chi connectivity index (χ1) is 16.2. The fraction of sp³-hybridized carbons (Fsp3) is 0.333. The highest BCUT2D eigenvalue weighted by atomic mass is 16.6. The lowest BCUT2D eigenvalue weighted by Crippen LogP contribution is -2.46. The molecule has 4 rings (SSSR count). The molecule has 3 aromatic rings. The van der Waals surface area contributed by atoms with E-state index in [0.29, 0.717) is 25.3 Å². The standard InChI is InChI=1S/C27H30N2O5/c1-27(2,3)34-26(31)29-16-13-20-17-22(11-12-23(20)24(29)25(30)32-4)33-18-19-7-9-21(10-8-19)28-14-5-6-15-28/h5-12,14-15,17,24H,13,16,18H2,1-4H3/t24-/m1/s1. The van der Waals surface area contributed by atoms with E-state index in [-0.39, 0.29) is 0 Å². The summed E-state index contributed by atoms with van der Waals surface area (Å²) in [5, 5.41) is 0. The van der Waals surface area contributed by atoms with Crippen LogP contribution in [0.3, 0.4) is 0 Å². The first kappa shape index (κ1) is 23.4. The second-order valence-corrected chi connectivity index (χ2v) is 9.26. The van der Waals surface area contributed by atoms with Gasteiger partial charge in [0.15, 0.2) is 6.04 Å². The van der Waals surface area contributed by atoms with Gasteiger partial charge in [-0.2, -0.15) is 0 Å². The summed E-state index contributed by atoms with van der Waals surface area (Å²) >= 11 is 0. The highest BCUT2D eigenvalue weighted by molar-refractivity contribution is 5.84. The molecule has 0 radical (unpaired) electrons. The summed E-state index contributed by atoms with van der Waals surface area (Å²) in [4.78, 5) is 26.8. The number of aromatic nitrogens is 1. The minimum atomic E-state index is -0.848. The Kier molecular flexibility index (Phi) is 6.63. The van der Waals surface area contributed by atoms with Crippen molar-refractivity contribution in [1.82, 2.24) is 9.47 Å². The van der Waals surface area contributed by atoms with Crippen molar-refractivity contribution in [3.05, 3.63) is 83.7 Å². The van der Waals surface area contributed by atoms with Crippen molar-refractivity contribution in [1.29, 1.82) is 0 Å². The summed E-state index contributed by atoms with van der Waals surface area (Å²) in [5.41, 5.74) is 3.17. The Hall–Kier alpha value is -3.74. The van der Waals surface area contributed by atoms with Gasteiger partial charge in [-0.25, -0.2) is 9.59 Å². The number of nitrogens with zero attached hydrogens (tertiary/aromatic N) is 2. The van der Waals surface area contributed by atoms with Crippen LogP contribution in [-0.2, 0) is 27.3 Å². The highest BCUT2D eigenvalue weighted by Crippen LogP contribution is 2.34. The number of ether oxygens (including phenoxy) is 3. The third-order valence-electron chi connectivity index (χ3n) is 5.64. The van der Waals surface area contributed by atoms with Crippen molar-refractivity contribution in [2.45, 2.75) is 45.4 Å². The molecule has 0 saturated carbocycles. The minimum Gasteiger partial charge on any atom is -0.489 e. The van der Waals surface area contributed by atoms with Crippen LogP contribution in [0.5, 0.6) is 5.75 Å². The Balaban J connectivity index is 1.48. The molecule has 0 fully saturated rings. The van der Waals surface area contributed by atoms with Gasteiger partial charge in [0.05, 0.1) is 7.11 Å². The second kappa shape index (κ2) is 9.63. The third kappa shape index (κ3) is 5.25. The summed E-state index contributed by atoms with van der Waals surface area (Å²) in [6.45, 7) is 6.18. The van der Waals surface area contributed by atoms with Gasteiger partial charge in [-0.15, -0.1) is 0 Å². The van der Waals surface area contributed by atoms with E-state index in [1.165, 1.54) is 12.0 Å². The molecule has 2 aromatic carbocycles. The normalized spacial score (nSPS) is 15.4. The molecule has 1 aromatic heterocycles. The number of carbonyl (C=O) groups excluding carboxylic acids is 2. The molecule has 0 unspecified atom stereocenters. The van der Waals surface area contributed by atoms with Gasteiger partial charge in [0.2, 0.25) is 0 Å². The number of methoxy groups -OCH3 is 1. The van der Waals surface area contributed by atoms with E-state index >= 15 is 0 Å².